The second kappa shape index (κ2) is 12.9. The van der Waals surface area contributed by atoms with Crippen LogP contribution in [0.4, 0.5) is 4.39 Å². The lowest BCUT2D eigenvalue weighted by Gasteiger charge is -2.10. The Balaban J connectivity index is 0.000000127. The van der Waals surface area contributed by atoms with E-state index in [1.807, 2.05) is 18.2 Å². The third-order valence-corrected chi connectivity index (χ3v) is 8.74. The predicted molar refractivity (Wildman–Crippen MR) is 188 cm³/mol. The van der Waals surface area contributed by atoms with E-state index in [1.54, 1.807) is 0 Å². The minimum Gasteiger partial charge on any atom is -0.355 e. The summed E-state index contributed by atoms with van der Waals surface area (Å²) in [5, 5.41) is 6.38. The van der Waals surface area contributed by atoms with Crippen molar-refractivity contribution in [3.05, 3.63) is 158 Å². The Labute approximate surface area is 274 Å². The summed E-state index contributed by atoms with van der Waals surface area (Å²) in [6, 6.07) is 43.9. The molecule has 6 aromatic carbocycles. The SMILES string of the molecule is Clc1ccc(-n2c3ccccc3c3ccccc32)c(Br)c1.Fc1ccc(Cl)cc1Br.c1ccc2c(c1)[nH]c1ccccc12. The topological polar surface area (TPSA) is 20.7 Å². The lowest BCUT2D eigenvalue weighted by molar-refractivity contribution is 0.621. The second-order valence-electron chi connectivity index (χ2n) is 9.74. The Morgan fingerprint density at radius 2 is 0.953 bits per heavy atom. The predicted octanol–water partition coefficient (Wildman–Crippen LogP) is 12.8. The molecule has 7 heteroatoms. The number of aromatic amines is 1. The van der Waals surface area contributed by atoms with E-state index in [1.165, 1.54) is 61.8 Å². The van der Waals surface area contributed by atoms with Crippen molar-refractivity contribution in [2.45, 2.75) is 0 Å². The zero-order valence-corrected chi connectivity index (χ0v) is 27.2. The molecule has 0 fully saturated rings. The van der Waals surface area contributed by atoms with Gasteiger partial charge in [-0.3, -0.25) is 0 Å². The summed E-state index contributed by atoms with van der Waals surface area (Å²) in [5.74, 6) is -0.292. The molecule has 0 spiro atoms. The normalized spacial score (nSPS) is 10.9. The van der Waals surface area contributed by atoms with Crippen LogP contribution in [0.5, 0.6) is 0 Å². The zero-order chi connectivity index (χ0) is 29.9. The van der Waals surface area contributed by atoms with Crippen molar-refractivity contribution in [2.75, 3.05) is 0 Å². The van der Waals surface area contributed by atoms with Crippen molar-refractivity contribution in [3.8, 4) is 5.69 Å². The van der Waals surface area contributed by atoms with Crippen LogP contribution in [0.15, 0.2) is 142 Å². The third-order valence-electron chi connectivity index (χ3n) is 7.03. The standard InChI is InChI=1S/C18H11BrClN.C12H9N.C6H3BrClF/c19-15-11-12(20)9-10-18(15)21-16-7-3-1-5-13(16)14-6-2-4-8-17(14)21;1-3-7-11-9(5-1)10-6-2-4-8-12(10)13-11;7-5-3-4(8)1-2-6(5)9/h1-11H;1-8,13H;1-3H. The number of H-pyrrole nitrogens is 1. The number of rotatable bonds is 1. The second-order valence-corrected chi connectivity index (χ2v) is 12.3. The first-order valence-electron chi connectivity index (χ1n) is 13.4. The quantitative estimate of drug-likeness (QED) is 0.162. The average Bonchev–Trinajstić information content (AvgIpc) is 3.56. The van der Waals surface area contributed by atoms with E-state index in [4.69, 9.17) is 23.2 Å². The minimum atomic E-state index is -0.292. The molecule has 0 amide bonds. The molecule has 0 bridgehead atoms. The molecule has 0 aliphatic heterocycles. The maximum Gasteiger partial charge on any atom is 0.137 e. The van der Waals surface area contributed by atoms with Crippen molar-refractivity contribution >= 4 is 98.7 Å². The summed E-state index contributed by atoms with van der Waals surface area (Å²) in [5.41, 5.74) is 5.91. The monoisotopic (exact) mass is 730 g/mol. The molecule has 0 aliphatic carbocycles. The molecule has 2 nitrogen and oxygen atoms in total. The molecular weight excluding hydrogens is 710 g/mol. The summed E-state index contributed by atoms with van der Waals surface area (Å²) >= 11 is 18.2. The van der Waals surface area contributed by atoms with Crippen LogP contribution < -0.4 is 0 Å². The van der Waals surface area contributed by atoms with Crippen LogP contribution in [0.1, 0.15) is 0 Å². The molecule has 8 rings (SSSR count). The molecule has 212 valence electrons. The number of aromatic nitrogens is 2. The van der Waals surface area contributed by atoms with Crippen molar-refractivity contribution in [3.63, 3.8) is 0 Å². The number of hydrogen-bond acceptors (Lipinski definition) is 0. The maximum atomic E-state index is 12.4. The molecule has 1 N–H and O–H groups in total. The van der Waals surface area contributed by atoms with Gasteiger partial charge in [0.25, 0.3) is 0 Å². The number of benzene rings is 6. The molecule has 43 heavy (non-hydrogen) atoms. The summed E-state index contributed by atoms with van der Waals surface area (Å²) in [4.78, 5) is 3.38. The third kappa shape index (κ3) is 6.22. The Kier molecular flexibility index (Phi) is 8.87. The van der Waals surface area contributed by atoms with Crippen molar-refractivity contribution in [2.24, 2.45) is 0 Å². The van der Waals surface area contributed by atoms with Crippen LogP contribution in [-0.4, -0.2) is 9.55 Å². The van der Waals surface area contributed by atoms with E-state index in [2.05, 4.69) is 138 Å². The van der Waals surface area contributed by atoms with Gasteiger partial charge in [0.15, 0.2) is 0 Å². The highest BCUT2D eigenvalue weighted by molar-refractivity contribution is 9.10. The van der Waals surface area contributed by atoms with E-state index in [0.717, 1.165) is 15.2 Å². The van der Waals surface area contributed by atoms with Gasteiger partial charge in [0.1, 0.15) is 5.82 Å². The van der Waals surface area contributed by atoms with Gasteiger partial charge in [0.05, 0.1) is 21.2 Å². The number of nitrogens with one attached hydrogen (secondary N) is 1. The lowest BCUT2D eigenvalue weighted by Crippen LogP contribution is -1.94. The fourth-order valence-electron chi connectivity index (χ4n) is 5.11. The molecule has 0 atom stereocenters. The van der Waals surface area contributed by atoms with Gasteiger partial charge in [-0.15, -0.1) is 0 Å². The maximum absolute atomic E-state index is 12.4. The number of nitrogens with zero attached hydrogens (tertiary/aromatic N) is 1. The Morgan fingerprint density at radius 3 is 1.44 bits per heavy atom. The van der Waals surface area contributed by atoms with Gasteiger partial charge < -0.3 is 9.55 Å². The number of hydrogen-bond donors (Lipinski definition) is 1. The molecule has 2 aromatic heterocycles. The first-order valence-corrected chi connectivity index (χ1v) is 15.7. The largest absolute Gasteiger partial charge is 0.355 e. The van der Waals surface area contributed by atoms with Gasteiger partial charge in [-0.1, -0.05) is 96.0 Å². The minimum absolute atomic E-state index is 0.292. The van der Waals surface area contributed by atoms with Gasteiger partial charge in [0.2, 0.25) is 0 Å². The van der Waals surface area contributed by atoms with Crippen LogP contribution in [0, 0.1) is 5.82 Å². The first-order chi connectivity index (χ1) is 20.9. The zero-order valence-electron chi connectivity index (χ0n) is 22.5. The van der Waals surface area contributed by atoms with Gasteiger partial charge in [-0.2, -0.15) is 0 Å². The smallest absolute Gasteiger partial charge is 0.137 e. The Hall–Kier alpha value is -3.61. The highest BCUT2D eigenvalue weighted by Gasteiger charge is 2.13. The summed E-state index contributed by atoms with van der Waals surface area (Å²) in [6.07, 6.45) is 0. The number of halogens is 5. The summed E-state index contributed by atoms with van der Waals surface area (Å²) in [6.45, 7) is 0. The average molecular weight is 733 g/mol. The molecule has 0 saturated carbocycles. The van der Waals surface area contributed by atoms with Crippen molar-refractivity contribution < 1.29 is 4.39 Å². The van der Waals surface area contributed by atoms with Crippen molar-refractivity contribution in [1.29, 1.82) is 0 Å². The first kappa shape index (κ1) is 29.5. The molecule has 2 heterocycles. The molecule has 8 aromatic rings. The molecule has 0 radical (unpaired) electrons. The van der Waals surface area contributed by atoms with Gasteiger partial charge >= 0.3 is 0 Å². The highest BCUT2D eigenvalue weighted by Crippen LogP contribution is 2.35. The van der Waals surface area contributed by atoms with Crippen LogP contribution in [0.3, 0.4) is 0 Å². The number of fused-ring (bicyclic) bond motifs is 6. The van der Waals surface area contributed by atoms with Crippen LogP contribution in [0.2, 0.25) is 10.0 Å². The van der Waals surface area contributed by atoms with Gasteiger partial charge in [-0.25, -0.2) is 4.39 Å². The lowest BCUT2D eigenvalue weighted by atomic mass is 10.2. The highest BCUT2D eigenvalue weighted by atomic mass is 79.9. The van der Waals surface area contributed by atoms with E-state index in [9.17, 15) is 4.39 Å². The summed E-state index contributed by atoms with van der Waals surface area (Å²) < 4.78 is 16.0. The fourth-order valence-corrected chi connectivity index (χ4v) is 6.66. The summed E-state index contributed by atoms with van der Waals surface area (Å²) in [7, 11) is 0. The van der Waals surface area contributed by atoms with Crippen LogP contribution in [-0.2, 0) is 0 Å². The molecule has 0 aliphatic rings. The van der Waals surface area contributed by atoms with E-state index in [-0.39, 0.29) is 5.82 Å². The fraction of sp³-hybridized carbons (Fsp3) is 0. The van der Waals surface area contributed by atoms with E-state index >= 15 is 0 Å². The van der Waals surface area contributed by atoms with Crippen molar-refractivity contribution in [1.82, 2.24) is 9.55 Å². The van der Waals surface area contributed by atoms with Gasteiger partial charge in [-0.05, 0) is 92.5 Å². The van der Waals surface area contributed by atoms with Crippen LogP contribution >= 0.6 is 55.1 Å². The van der Waals surface area contributed by atoms with Gasteiger partial charge in [0, 0.05) is 47.1 Å². The number of para-hydroxylation sites is 4. The van der Waals surface area contributed by atoms with Crippen LogP contribution in [0.25, 0.3) is 49.3 Å². The van der Waals surface area contributed by atoms with E-state index in [0.29, 0.717) is 9.50 Å². The Morgan fingerprint density at radius 1 is 0.512 bits per heavy atom. The van der Waals surface area contributed by atoms with E-state index < -0.39 is 0 Å². The molecular formula is C36H23Br2Cl2FN2. The molecule has 0 unspecified atom stereocenters. The Bertz CT molecular complexity index is 2120. The molecule has 0 saturated heterocycles.